The highest BCUT2D eigenvalue weighted by atomic mass is 35.5. The Kier molecular flexibility index (Phi) is 6.59. The number of halogens is 1. The third-order valence-corrected chi connectivity index (χ3v) is 6.48. The number of rotatable bonds is 7. The fraction of sp³-hybridized carbons (Fsp3) is 0.222. The zero-order valence-corrected chi connectivity index (χ0v) is 16.5. The van der Waals surface area contributed by atoms with Crippen LogP contribution in [-0.2, 0) is 10.0 Å². The topological polar surface area (TPSA) is 110 Å². The Morgan fingerprint density at radius 2 is 1.59 bits per heavy atom. The smallest absolute Gasteiger partial charge is 0.255 e. The quantitative estimate of drug-likeness (QED) is 0.732. The van der Waals surface area contributed by atoms with Gasteiger partial charge in [-0.25, -0.2) is 8.42 Å². The van der Waals surface area contributed by atoms with E-state index in [1.54, 1.807) is 13.8 Å². The number of carbonyl (C=O) groups excluding carboxylic acids is 2. The van der Waals surface area contributed by atoms with Gasteiger partial charge in [0, 0.05) is 29.9 Å². The van der Waals surface area contributed by atoms with Crippen molar-refractivity contribution in [3.8, 4) is 0 Å². The number of anilines is 1. The van der Waals surface area contributed by atoms with E-state index in [0.29, 0.717) is 11.3 Å². The second-order valence-corrected chi connectivity index (χ2v) is 7.94. The lowest BCUT2D eigenvalue weighted by molar-refractivity contribution is 0.0998. The first kappa shape index (κ1) is 20.9. The molecule has 0 aliphatic heterocycles. The van der Waals surface area contributed by atoms with Gasteiger partial charge in [-0.05, 0) is 42.5 Å². The minimum absolute atomic E-state index is 0.0456. The van der Waals surface area contributed by atoms with Gasteiger partial charge in [-0.15, -0.1) is 0 Å². The molecular weight excluding hydrogens is 390 g/mol. The molecule has 0 bridgehead atoms. The van der Waals surface area contributed by atoms with Crippen LogP contribution in [0.4, 0.5) is 5.69 Å². The summed E-state index contributed by atoms with van der Waals surface area (Å²) in [7, 11) is -3.81. The van der Waals surface area contributed by atoms with Crippen LogP contribution in [0.2, 0.25) is 5.02 Å². The van der Waals surface area contributed by atoms with Gasteiger partial charge in [0.1, 0.15) is 4.90 Å². The van der Waals surface area contributed by atoms with Crippen LogP contribution in [0.25, 0.3) is 0 Å². The molecule has 2 rings (SSSR count). The maximum atomic E-state index is 12.7. The summed E-state index contributed by atoms with van der Waals surface area (Å²) in [6, 6.07) is 10.1. The number of amides is 2. The van der Waals surface area contributed by atoms with E-state index in [2.05, 4.69) is 5.32 Å². The van der Waals surface area contributed by atoms with E-state index < -0.39 is 21.8 Å². The average Bonchev–Trinajstić information content (AvgIpc) is 2.63. The van der Waals surface area contributed by atoms with Crippen LogP contribution >= 0.6 is 11.6 Å². The van der Waals surface area contributed by atoms with Gasteiger partial charge >= 0.3 is 0 Å². The summed E-state index contributed by atoms with van der Waals surface area (Å²) in [6.07, 6.45) is 0. The second-order valence-electron chi connectivity index (χ2n) is 5.63. The Labute approximate surface area is 163 Å². The van der Waals surface area contributed by atoms with Crippen LogP contribution in [-0.4, -0.2) is 37.6 Å². The molecule has 144 valence electrons. The molecule has 0 heterocycles. The van der Waals surface area contributed by atoms with Gasteiger partial charge in [-0.2, -0.15) is 4.31 Å². The molecule has 7 nitrogen and oxygen atoms in total. The van der Waals surface area contributed by atoms with E-state index in [1.807, 2.05) is 0 Å². The van der Waals surface area contributed by atoms with E-state index in [-0.39, 0.29) is 28.6 Å². The predicted molar refractivity (Wildman–Crippen MR) is 104 cm³/mol. The van der Waals surface area contributed by atoms with E-state index in [0.717, 1.165) is 0 Å². The van der Waals surface area contributed by atoms with Crippen molar-refractivity contribution in [3.05, 3.63) is 58.6 Å². The van der Waals surface area contributed by atoms with Crippen molar-refractivity contribution in [2.24, 2.45) is 5.73 Å². The number of hydrogen-bond acceptors (Lipinski definition) is 4. The summed E-state index contributed by atoms with van der Waals surface area (Å²) in [6.45, 7) is 4.03. The predicted octanol–water partition coefficient (Wildman–Crippen LogP) is 2.72. The van der Waals surface area contributed by atoms with Crippen molar-refractivity contribution in [2.75, 3.05) is 18.4 Å². The monoisotopic (exact) mass is 409 g/mol. The van der Waals surface area contributed by atoms with Crippen LogP contribution in [0.15, 0.2) is 47.4 Å². The SMILES string of the molecule is CCN(CC)S(=O)(=O)c1cc(C(=O)Nc2ccc(C(N)=O)cc2)ccc1Cl. The van der Waals surface area contributed by atoms with Crippen molar-refractivity contribution in [1.29, 1.82) is 0 Å². The Balaban J connectivity index is 2.31. The van der Waals surface area contributed by atoms with Crippen LogP contribution in [0.3, 0.4) is 0 Å². The zero-order valence-electron chi connectivity index (χ0n) is 14.9. The number of hydrogen-bond donors (Lipinski definition) is 2. The maximum absolute atomic E-state index is 12.7. The third kappa shape index (κ3) is 4.65. The van der Waals surface area contributed by atoms with Crippen molar-refractivity contribution in [1.82, 2.24) is 4.31 Å². The Morgan fingerprint density at radius 3 is 2.11 bits per heavy atom. The van der Waals surface area contributed by atoms with Crippen LogP contribution in [0.5, 0.6) is 0 Å². The summed E-state index contributed by atoms with van der Waals surface area (Å²) in [5.41, 5.74) is 6.07. The van der Waals surface area contributed by atoms with Gasteiger partial charge in [-0.1, -0.05) is 25.4 Å². The highest BCUT2D eigenvalue weighted by molar-refractivity contribution is 7.89. The molecule has 0 aliphatic rings. The molecule has 27 heavy (non-hydrogen) atoms. The average molecular weight is 410 g/mol. The molecule has 3 N–H and O–H groups in total. The van der Waals surface area contributed by atoms with Crippen molar-refractivity contribution in [3.63, 3.8) is 0 Å². The Morgan fingerprint density at radius 1 is 1.04 bits per heavy atom. The minimum Gasteiger partial charge on any atom is -0.366 e. The lowest BCUT2D eigenvalue weighted by Gasteiger charge is -2.19. The summed E-state index contributed by atoms with van der Waals surface area (Å²) in [5, 5.41) is 2.68. The minimum atomic E-state index is -3.81. The van der Waals surface area contributed by atoms with Gasteiger partial charge < -0.3 is 11.1 Å². The molecule has 2 aromatic rings. The molecule has 0 unspecified atom stereocenters. The molecule has 9 heteroatoms. The molecule has 0 aromatic heterocycles. The molecule has 0 spiro atoms. The van der Waals surface area contributed by atoms with Gasteiger partial charge in [-0.3, -0.25) is 9.59 Å². The fourth-order valence-electron chi connectivity index (χ4n) is 2.47. The van der Waals surface area contributed by atoms with E-state index >= 15 is 0 Å². The number of nitrogens with zero attached hydrogens (tertiary/aromatic N) is 1. The first-order valence-corrected chi connectivity index (χ1v) is 10.0. The molecule has 0 saturated heterocycles. The van der Waals surface area contributed by atoms with Gasteiger partial charge in [0.2, 0.25) is 15.9 Å². The fourth-order valence-corrected chi connectivity index (χ4v) is 4.42. The van der Waals surface area contributed by atoms with Gasteiger partial charge in [0.25, 0.3) is 5.91 Å². The molecule has 2 amide bonds. The largest absolute Gasteiger partial charge is 0.366 e. The molecular formula is C18H20ClN3O4S. The molecule has 0 aliphatic carbocycles. The molecule has 0 saturated carbocycles. The number of benzene rings is 2. The van der Waals surface area contributed by atoms with Gasteiger partial charge in [0.15, 0.2) is 0 Å². The van der Waals surface area contributed by atoms with Crippen molar-refractivity contribution >= 4 is 39.1 Å². The highest BCUT2D eigenvalue weighted by Gasteiger charge is 2.25. The lowest BCUT2D eigenvalue weighted by Crippen LogP contribution is -2.31. The summed E-state index contributed by atoms with van der Waals surface area (Å²) in [4.78, 5) is 23.4. The Bertz CT molecular complexity index is 955. The van der Waals surface area contributed by atoms with E-state index in [4.69, 9.17) is 17.3 Å². The molecule has 0 fully saturated rings. The number of carbonyl (C=O) groups is 2. The standard InChI is InChI=1S/C18H20ClN3O4S/c1-3-22(4-2)27(25,26)16-11-13(7-10-15(16)19)18(24)21-14-8-5-12(6-9-14)17(20)23/h5-11H,3-4H2,1-2H3,(H2,20,23)(H,21,24). The normalized spacial score (nSPS) is 11.4. The van der Waals surface area contributed by atoms with E-state index in [9.17, 15) is 18.0 Å². The zero-order chi connectivity index (χ0) is 20.2. The number of nitrogens with one attached hydrogen (secondary N) is 1. The summed E-state index contributed by atoms with van der Waals surface area (Å²) >= 11 is 6.07. The first-order valence-electron chi connectivity index (χ1n) is 8.21. The number of primary amides is 1. The summed E-state index contributed by atoms with van der Waals surface area (Å²) < 4.78 is 26.7. The molecule has 2 aromatic carbocycles. The Hall–Kier alpha value is -2.42. The van der Waals surface area contributed by atoms with Crippen LogP contribution < -0.4 is 11.1 Å². The van der Waals surface area contributed by atoms with Crippen molar-refractivity contribution < 1.29 is 18.0 Å². The van der Waals surface area contributed by atoms with Crippen LogP contribution in [0.1, 0.15) is 34.6 Å². The second kappa shape index (κ2) is 8.51. The molecule has 0 atom stereocenters. The summed E-state index contributed by atoms with van der Waals surface area (Å²) in [5.74, 6) is -1.08. The van der Waals surface area contributed by atoms with E-state index in [1.165, 1.54) is 46.8 Å². The maximum Gasteiger partial charge on any atom is 0.255 e. The lowest BCUT2D eigenvalue weighted by atomic mass is 10.1. The molecule has 0 radical (unpaired) electrons. The van der Waals surface area contributed by atoms with Gasteiger partial charge in [0.05, 0.1) is 5.02 Å². The first-order chi connectivity index (χ1) is 12.7. The number of nitrogens with two attached hydrogens (primary N) is 1. The number of sulfonamides is 1. The van der Waals surface area contributed by atoms with Crippen LogP contribution in [0, 0.1) is 0 Å². The van der Waals surface area contributed by atoms with Crippen molar-refractivity contribution in [2.45, 2.75) is 18.7 Å². The highest BCUT2D eigenvalue weighted by Crippen LogP contribution is 2.26. The third-order valence-electron chi connectivity index (χ3n) is 3.94.